The Labute approximate surface area is 121 Å². The maximum Gasteiger partial charge on any atom is 0.244 e. The highest BCUT2D eigenvalue weighted by molar-refractivity contribution is 9.10. The highest BCUT2D eigenvalue weighted by Gasteiger charge is 2.29. The molecule has 0 bridgehead atoms. The van der Waals surface area contributed by atoms with Gasteiger partial charge in [0.25, 0.3) is 0 Å². The number of hydrogen-bond donors (Lipinski definition) is 0. The Hall–Kier alpha value is -0.910. The summed E-state index contributed by atoms with van der Waals surface area (Å²) in [5.74, 6) is 2.29. The van der Waals surface area contributed by atoms with Gasteiger partial charge in [-0.1, -0.05) is 6.92 Å². The van der Waals surface area contributed by atoms with Crippen molar-refractivity contribution in [3.05, 3.63) is 10.6 Å². The van der Waals surface area contributed by atoms with Crippen LogP contribution in [0.1, 0.15) is 44.3 Å². The van der Waals surface area contributed by atoms with Gasteiger partial charge in [-0.3, -0.25) is 4.79 Å². The van der Waals surface area contributed by atoms with Gasteiger partial charge < -0.3 is 4.90 Å². The summed E-state index contributed by atoms with van der Waals surface area (Å²) in [5.41, 5.74) is 0. The quantitative estimate of drug-likeness (QED) is 0.855. The van der Waals surface area contributed by atoms with Crippen molar-refractivity contribution in [1.82, 2.24) is 19.7 Å². The van der Waals surface area contributed by atoms with Crippen molar-refractivity contribution in [2.24, 2.45) is 5.92 Å². The molecule has 2 heterocycles. The van der Waals surface area contributed by atoms with Gasteiger partial charge in [-0.2, -0.15) is 5.10 Å². The molecule has 0 atom stereocenters. The van der Waals surface area contributed by atoms with Crippen LogP contribution in [-0.4, -0.2) is 38.7 Å². The second-order valence-electron chi connectivity index (χ2n) is 5.73. The Morgan fingerprint density at radius 3 is 2.63 bits per heavy atom. The van der Waals surface area contributed by atoms with Crippen LogP contribution in [0, 0.1) is 5.92 Å². The Kier molecular flexibility index (Phi) is 3.60. The number of halogens is 1. The average molecular weight is 327 g/mol. The molecule has 1 aliphatic heterocycles. The van der Waals surface area contributed by atoms with Crippen molar-refractivity contribution in [3.63, 3.8) is 0 Å². The Bertz CT molecular complexity index is 475. The molecule has 0 N–H and O–H groups in total. The molecule has 0 aromatic carbocycles. The van der Waals surface area contributed by atoms with E-state index < -0.39 is 0 Å². The fourth-order valence-corrected chi connectivity index (χ4v) is 2.83. The monoisotopic (exact) mass is 326 g/mol. The summed E-state index contributed by atoms with van der Waals surface area (Å²) in [6.07, 6.45) is 4.57. The third-order valence-corrected chi connectivity index (χ3v) is 4.59. The predicted octanol–water partition coefficient (Wildman–Crippen LogP) is 2.18. The van der Waals surface area contributed by atoms with Crippen LogP contribution in [0.15, 0.2) is 4.73 Å². The average Bonchev–Trinajstić information content (AvgIpc) is 3.17. The standard InChI is InChI=1S/C13H19BrN4O/c1-9-4-6-17(7-5-9)11(19)8-18-13(14)15-12(16-18)10-2-3-10/h9-10H,2-8H2,1H3. The van der Waals surface area contributed by atoms with Gasteiger partial charge in [-0.15, -0.1) is 0 Å². The molecule has 1 aromatic heterocycles. The number of piperidine rings is 1. The zero-order valence-corrected chi connectivity index (χ0v) is 12.8. The second-order valence-corrected chi connectivity index (χ2v) is 6.44. The summed E-state index contributed by atoms with van der Waals surface area (Å²) in [5, 5.41) is 4.43. The molecule has 2 aliphatic rings. The topological polar surface area (TPSA) is 51.0 Å². The molecular weight excluding hydrogens is 308 g/mol. The van der Waals surface area contributed by atoms with Crippen LogP contribution in [0.3, 0.4) is 0 Å². The first-order chi connectivity index (χ1) is 9.13. The van der Waals surface area contributed by atoms with Crippen molar-refractivity contribution < 1.29 is 4.79 Å². The van der Waals surface area contributed by atoms with Crippen molar-refractivity contribution in [3.8, 4) is 0 Å². The number of amides is 1. The Balaban J connectivity index is 1.62. The van der Waals surface area contributed by atoms with E-state index in [0.717, 1.165) is 37.7 Å². The number of rotatable bonds is 3. The molecule has 6 heteroatoms. The fourth-order valence-electron chi connectivity index (χ4n) is 2.44. The lowest BCUT2D eigenvalue weighted by atomic mass is 9.99. The number of aromatic nitrogens is 3. The number of nitrogens with zero attached hydrogens (tertiary/aromatic N) is 4. The molecule has 1 aliphatic carbocycles. The van der Waals surface area contributed by atoms with Crippen LogP contribution >= 0.6 is 15.9 Å². The SMILES string of the molecule is CC1CCN(C(=O)Cn2nc(C3CC3)nc2Br)CC1. The van der Waals surface area contributed by atoms with Crippen molar-refractivity contribution >= 4 is 21.8 Å². The minimum absolute atomic E-state index is 0.153. The lowest BCUT2D eigenvalue weighted by molar-refractivity contribution is -0.133. The van der Waals surface area contributed by atoms with Crippen molar-refractivity contribution in [1.29, 1.82) is 0 Å². The molecule has 1 saturated heterocycles. The summed E-state index contributed by atoms with van der Waals surface area (Å²) >= 11 is 3.39. The van der Waals surface area contributed by atoms with Crippen LogP contribution in [0.2, 0.25) is 0 Å². The van der Waals surface area contributed by atoms with E-state index in [1.54, 1.807) is 4.68 Å². The molecule has 0 unspecified atom stereocenters. The number of hydrogen-bond acceptors (Lipinski definition) is 3. The van der Waals surface area contributed by atoms with E-state index in [0.29, 0.717) is 17.2 Å². The minimum Gasteiger partial charge on any atom is -0.341 e. The Morgan fingerprint density at radius 2 is 2.00 bits per heavy atom. The van der Waals surface area contributed by atoms with Crippen molar-refractivity contribution in [2.75, 3.05) is 13.1 Å². The first kappa shape index (κ1) is 13.1. The molecule has 5 nitrogen and oxygen atoms in total. The van der Waals surface area contributed by atoms with E-state index >= 15 is 0 Å². The molecule has 1 aromatic rings. The molecule has 104 valence electrons. The molecule has 0 radical (unpaired) electrons. The van der Waals surface area contributed by atoms with E-state index in [4.69, 9.17) is 0 Å². The summed E-state index contributed by atoms with van der Waals surface area (Å²) in [6.45, 7) is 4.30. The maximum absolute atomic E-state index is 12.2. The normalized spacial score (nSPS) is 20.8. The van der Waals surface area contributed by atoms with Gasteiger partial charge in [0.05, 0.1) is 0 Å². The molecule has 1 saturated carbocycles. The molecule has 19 heavy (non-hydrogen) atoms. The predicted molar refractivity (Wildman–Crippen MR) is 74.7 cm³/mol. The van der Waals surface area contributed by atoms with Crippen LogP contribution in [0.5, 0.6) is 0 Å². The molecule has 3 rings (SSSR count). The fraction of sp³-hybridized carbons (Fsp3) is 0.769. The summed E-state index contributed by atoms with van der Waals surface area (Å²) < 4.78 is 2.36. The molecule has 1 amide bonds. The van der Waals surface area contributed by atoms with Gasteiger partial charge >= 0.3 is 0 Å². The van der Waals surface area contributed by atoms with Gasteiger partial charge in [0, 0.05) is 19.0 Å². The first-order valence-corrected chi connectivity index (χ1v) is 7.81. The van der Waals surface area contributed by atoms with Gasteiger partial charge in [0.1, 0.15) is 6.54 Å². The van der Waals surface area contributed by atoms with Gasteiger partial charge in [-0.25, -0.2) is 9.67 Å². The van der Waals surface area contributed by atoms with Crippen LogP contribution in [0.4, 0.5) is 0 Å². The third kappa shape index (κ3) is 2.99. The van der Waals surface area contributed by atoms with Crippen LogP contribution in [0.25, 0.3) is 0 Å². The van der Waals surface area contributed by atoms with Crippen molar-refractivity contribution in [2.45, 2.75) is 45.1 Å². The largest absolute Gasteiger partial charge is 0.341 e. The van der Waals surface area contributed by atoms with E-state index in [1.165, 1.54) is 12.8 Å². The van der Waals surface area contributed by atoms with E-state index in [1.807, 2.05) is 4.90 Å². The third-order valence-electron chi connectivity index (χ3n) is 4.01. The lowest BCUT2D eigenvalue weighted by Gasteiger charge is -2.30. The summed E-state index contributed by atoms with van der Waals surface area (Å²) in [7, 11) is 0. The minimum atomic E-state index is 0.153. The smallest absolute Gasteiger partial charge is 0.244 e. The highest BCUT2D eigenvalue weighted by atomic mass is 79.9. The van der Waals surface area contributed by atoms with E-state index in [2.05, 4.69) is 32.9 Å². The molecule has 2 fully saturated rings. The lowest BCUT2D eigenvalue weighted by Crippen LogP contribution is -2.39. The van der Waals surface area contributed by atoms with E-state index in [9.17, 15) is 4.79 Å². The van der Waals surface area contributed by atoms with Gasteiger partial charge in [0.2, 0.25) is 5.91 Å². The Morgan fingerprint density at radius 1 is 1.32 bits per heavy atom. The zero-order chi connectivity index (χ0) is 13.4. The molecule has 0 spiro atoms. The first-order valence-electron chi connectivity index (χ1n) is 7.01. The summed E-state index contributed by atoms with van der Waals surface area (Å²) in [6, 6.07) is 0. The maximum atomic E-state index is 12.2. The van der Waals surface area contributed by atoms with Gasteiger partial charge in [0.15, 0.2) is 10.6 Å². The highest BCUT2D eigenvalue weighted by Crippen LogP contribution is 2.38. The molecular formula is C13H19BrN4O. The van der Waals surface area contributed by atoms with E-state index in [-0.39, 0.29) is 5.91 Å². The number of likely N-dealkylation sites (tertiary alicyclic amines) is 1. The zero-order valence-electron chi connectivity index (χ0n) is 11.2. The number of carbonyl (C=O) groups is 1. The second kappa shape index (κ2) is 5.23. The van der Waals surface area contributed by atoms with Gasteiger partial charge in [-0.05, 0) is 47.5 Å². The number of carbonyl (C=O) groups excluding carboxylic acids is 1. The summed E-state index contributed by atoms with van der Waals surface area (Å²) in [4.78, 5) is 18.6. The van der Waals surface area contributed by atoms with Crippen LogP contribution in [-0.2, 0) is 11.3 Å². The van der Waals surface area contributed by atoms with Crippen LogP contribution < -0.4 is 0 Å².